The lowest BCUT2D eigenvalue weighted by atomic mass is 10.0. The van der Waals surface area contributed by atoms with Crippen molar-refractivity contribution in [2.45, 2.75) is 11.8 Å². The van der Waals surface area contributed by atoms with Gasteiger partial charge >= 0.3 is 11.9 Å². The van der Waals surface area contributed by atoms with Gasteiger partial charge in [0.2, 0.25) is 0 Å². The number of esters is 2. The quantitative estimate of drug-likeness (QED) is 0.609. The van der Waals surface area contributed by atoms with Crippen molar-refractivity contribution in [3.63, 3.8) is 0 Å². The molecule has 1 aromatic carbocycles. The van der Waals surface area contributed by atoms with Gasteiger partial charge in [0, 0.05) is 6.42 Å². The largest absolute Gasteiger partial charge is 0.468 e. The molecule has 17 heavy (non-hydrogen) atoms. The molecule has 0 spiro atoms. The van der Waals surface area contributed by atoms with Crippen LogP contribution in [-0.4, -0.2) is 31.5 Å². The average Bonchev–Trinajstić information content (AvgIpc) is 2.37. The molecule has 1 aromatic rings. The van der Waals surface area contributed by atoms with Gasteiger partial charge in [0.1, 0.15) is 5.38 Å². The Kier molecular flexibility index (Phi) is 4.97. The molecule has 0 aliphatic carbocycles. The molecule has 0 radical (unpaired) electrons. The second-order valence-electron chi connectivity index (χ2n) is 3.34. The Balaban J connectivity index is 2.91. The molecule has 0 N–H and O–H groups in total. The zero-order valence-corrected chi connectivity index (χ0v) is 10.4. The summed E-state index contributed by atoms with van der Waals surface area (Å²) in [4.78, 5) is 22.7. The number of rotatable bonds is 4. The van der Waals surface area contributed by atoms with Crippen LogP contribution in [-0.2, 0) is 20.7 Å². The van der Waals surface area contributed by atoms with Gasteiger partial charge in [0.25, 0.3) is 0 Å². The molecule has 5 heteroatoms. The van der Waals surface area contributed by atoms with Crippen molar-refractivity contribution < 1.29 is 19.1 Å². The third-order valence-corrected chi connectivity index (χ3v) is 2.61. The molecule has 0 fully saturated rings. The predicted octanol–water partition coefficient (Wildman–Crippen LogP) is 1.80. The highest BCUT2D eigenvalue weighted by Crippen LogP contribution is 2.15. The van der Waals surface area contributed by atoms with Crippen molar-refractivity contribution in [2.75, 3.05) is 14.2 Å². The monoisotopic (exact) mass is 256 g/mol. The maximum Gasteiger partial charge on any atom is 0.338 e. The molecule has 0 aliphatic rings. The molecule has 0 aromatic heterocycles. The van der Waals surface area contributed by atoms with Crippen molar-refractivity contribution in [3.8, 4) is 0 Å². The SMILES string of the molecule is COC(=O)c1ccccc1CC(Cl)C(=O)OC. The fourth-order valence-electron chi connectivity index (χ4n) is 1.41. The van der Waals surface area contributed by atoms with Crippen LogP contribution in [0.4, 0.5) is 0 Å². The van der Waals surface area contributed by atoms with Gasteiger partial charge in [-0.3, -0.25) is 4.79 Å². The number of hydrogen-bond donors (Lipinski definition) is 0. The van der Waals surface area contributed by atoms with Crippen LogP contribution >= 0.6 is 11.6 Å². The van der Waals surface area contributed by atoms with Gasteiger partial charge in [-0.25, -0.2) is 4.79 Å². The minimum atomic E-state index is -0.814. The van der Waals surface area contributed by atoms with Gasteiger partial charge in [0.15, 0.2) is 0 Å². The van der Waals surface area contributed by atoms with E-state index in [4.69, 9.17) is 11.6 Å². The Bertz CT molecular complexity index is 417. The van der Waals surface area contributed by atoms with Gasteiger partial charge in [-0.1, -0.05) is 18.2 Å². The Morgan fingerprint density at radius 3 is 2.47 bits per heavy atom. The van der Waals surface area contributed by atoms with Crippen molar-refractivity contribution in [1.29, 1.82) is 0 Å². The fourth-order valence-corrected chi connectivity index (χ4v) is 1.67. The van der Waals surface area contributed by atoms with E-state index < -0.39 is 17.3 Å². The number of ether oxygens (including phenoxy) is 2. The molecular weight excluding hydrogens is 244 g/mol. The molecule has 1 rings (SSSR count). The molecule has 92 valence electrons. The topological polar surface area (TPSA) is 52.6 Å². The van der Waals surface area contributed by atoms with E-state index in [9.17, 15) is 9.59 Å². The van der Waals surface area contributed by atoms with E-state index in [2.05, 4.69) is 9.47 Å². The van der Waals surface area contributed by atoms with Gasteiger partial charge in [0.05, 0.1) is 19.8 Å². The Hall–Kier alpha value is -1.55. The maximum absolute atomic E-state index is 11.5. The summed E-state index contributed by atoms with van der Waals surface area (Å²) in [7, 11) is 2.57. The Morgan fingerprint density at radius 1 is 1.24 bits per heavy atom. The van der Waals surface area contributed by atoms with Gasteiger partial charge in [-0.15, -0.1) is 11.6 Å². The standard InChI is InChI=1S/C12H13ClO4/c1-16-11(14)9-6-4-3-5-8(9)7-10(13)12(15)17-2/h3-6,10H,7H2,1-2H3. The first-order valence-corrected chi connectivity index (χ1v) is 5.42. The third-order valence-electron chi connectivity index (χ3n) is 2.28. The van der Waals surface area contributed by atoms with E-state index in [0.717, 1.165) is 0 Å². The first-order chi connectivity index (χ1) is 8.10. The van der Waals surface area contributed by atoms with E-state index in [-0.39, 0.29) is 6.42 Å². The van der Waals surface area contributed by atoms with Crippen LogP contribution in [0.25, 0.3) is 0 Å². The fraction of sp³-hybridized carbons (Fsp3) is 0.333. The lowest BCUT2D eigenvalue weighted by molar-refractivity contribution is -0.140. The minimum absolute atomic E-state index is 0.222. The van der Waals surface area contributed by atoms with E-state index in [1.165, 1.54) is 14.2 Å². The van der Waals surface area contributed by atoms with E-state index in [0.29, 0.717) is 11.1 Å². The van der Waals surface area contributed by atoms with Crippen molar-refractivity contribution >= 4 is 23.5 Å². The van der Waals surface area contributed by atoms with Crippen LogP contribution < -0.4 is 0 Å². The average molecular weight is 257 g/mol. The van der Waals surface area contributed by atoms with Crippen molar-refractivity contribution in [2.24, 2.45) is 0 Å². The second-order valence-corrected chi connectivity index (χ2v) is 3.87. The molecule has 1 atom stereocenters. The number of benzene rings is 1. The predicted molar refractivity (Wildman–Crippen MR) is 63.1 cm³/mol. The first-order valence-electron chi connectivity index (χ1n) is 4.98. The van der Waals surface area contributed by atoms with Gasteiger partial charge in [-0.05, 0) is 11.6 Å². The highest BCUT2D eigenvalue weighted by Gasteiger charge is 2.20. The number of methoxy groups -OCH3 is 2. The van der Waals surface area contributed by atoms with Crippen molar-refractivity contribution in [1.82, 2.24) is 0 Å². The smallest absolute Gasteiger partial charge is 0.338 e. The maximum atomic E-state index is 11.5. The first kappa shape index (κ1) is 13.5. The summed E-state index contributed by atoms with van der Waals surface area (Å²) in [6.07, 6.45) is 0.222. The Morgan fingerprint density at radius 2 is 1.88 bits per heavy atom. The summed E-state index contributed by atoms with van der Waals surface area (Å²) < 4.78 is 9.17. The summed E-state index contributed by atoms with van der Waals surface area (Å²) >= 11 is 5.86. The minimum Gasteiger partial charge on any atom is -0.468 e. The zero-order valence-electron chi connectivity index (χ0n) is 9.60. The normalized spacial score (nSPS) is 11.7. The highest BCUT2D eigenvalue weighted by atomic mass is 35.5. The molecule has 1 unspecified atom stereocenters. The number of hydrogen-bond acceptors (Lipinski definition) is 4. The third kappa shape index (κ3) is 3.46. The Labute approximate surface area is 104 Å². The summed E-state index contributed by atoms with van der Waals surface area (Å²) in [6, 6.07) is 6.84. The molecule has 0 heterocycles. The summed E-state index contributed by atoms with van der Waals surface area (Å²) in [5.41, 5.74) is 1.06. The number of halogens is 1. The summed E-state index contributed by atoms with van der Waals surface area (Å²) in [5, 5.41) is -0.814. The van der Waals surface area contributed by atoms with Crippen LogP contribution in [0.5, 0.6) is 0 Å². The molecule has 0 bridgehead atoms. The molecule has 0 amide bonds. The van der Waals surface area contributed by atoms with Crippen molar-refractivity contribution in [3.05, 3.63) is 35.4 Å². The molecule has 0 saturated carbocycles. The van der Waals surface area contributed by atoms with E-state index in [1.54, 1.807) is 24.3 Å². The van der Waals surface area contributed by atoms with Crippen LogP contribution in [0.3, 0.4) is 0 Å². The number of alkyl halides is 1. The van der Waals surface area contributed by atoms with Crippen LogP contribution in [0.1, 0.15) is 15.9 Å². The highest BCUT2D eigenvalue weighted by molar-refractivity contribution is 6.30. The lowest BCUT2D eigenvalue weighted by Crippen LogP contribution is -2.20. The molecular formula is C12H13ClO4. The second kappa shape index (κ2) is 6.25. The van der Waals surface area contributed by atoms with Gasteiger partial charge < -0.3 is 9.47 Å². The number of carbonyl (C=O) groups is 2. The zero-order chi connectivity index (χ0) is 12.8. The van der Waals surface area contributed by atoms with E-state index >= 15 is 0 Å². The van der Waals surface area contributed by atoms with Crippen LogP contribution in [0, 0.1) is 0 Å². The van der Waals surface area contributed by atoms with E-state index in [1.807, 2.05) is 0 Å². The van der Waals surface area contributed by atoms with Gasteiger partial charge in [-0.2, -0.15) is 0 Å². The van der Waals surface area contributed by atoms with Crippen LogP contribution in [0.15, 0.2) is 24.3 Å². The summed E-state index contributed by atoms with van der Waals surface area (Å²) in [5.74, 6) is -0.972. The molecule has 4 nitrogen and oxygen atoms in total. The molecule has 0 saturated heterocycles. The van der Waals surface area contributed by atoms with Crippen LogP contribution in [0.2, 0.25) is 0 Å². The number of carbonyl (C=O) groups excluding carboxylic acids is 2. The molecule has 0 aliphatic heterocycles. The lowest BCUT2D eigenvalue weighted by Gasteiger charge is -2.10. The summed E-state index contributed by atoms with van der Waals surface area (Å²) in [6.45, 7) is 0.